The van der Waals surface area contributed by atoms with Crippen molar-refractivity contribution >= 4 is 40.8 Å². The molecule has 44 heavy (non-hydrogen) atoms. The zero-order valence-electron chi connectivity index (χ0n) is 23.5. The Morgan fingerprint density at radius 2 is 1.75 bits per heavy atom. The number of carbonyl (C=O) groups excluding carboxylic acids is 1. The fourth-order valence-corrected chi connectivity index (χ4v) is 6.16. The second-order valence-corrected chi connectivity index (χ2v) is 12.6. The molecular weight excluding hydrogens is 628 g/mol. The summed E-state index contributed by atoms with van der Waals surface area (Å²) < 4.78 is 72.5. The van der Waals surface area contributed by atoms with Crippen LogP contribution in [0.3, 0.4) is 0 Å². The van der Waals surface area contributed by atoms with Crippen molar-refractivity contribution in [3.8, 4) is 6.07 Å². The first-order chi connectivity index (χ1) is 20.4. The van der Waals surface area contributed by atoms with Gasteiger partial charge in [0.25, 0.3) is 0 Å². The maximum atomic E-state index is 15.8. The zero-order chi connectivity index (χ0) is 32.8. The van der Waals surface area contributed by atoms with Gasteiger partial charge in [0.15, 0.2) is 0 Å². The van der Waals surface area contributed by atoms with Crippen molar-refractivity contribution in [2.24, 2.45) is 5.41 Å². The number of carbonyl (C=O) groups is 2. The molecule has 1 fully saturated rings. The van der Waals surface area contributed by atoms with Gasteiger partial charge >= 0.3 is 12.1 Å². The molecule has 1 amide bonds. The van der Waals surface area contributed by atoms with E-state index in [1.165, 1.54) is 30.3 Å². The Labute approximate surface area is 259 Å². The minimum Gasteiger partial charge on any atom is -0.478 e. The molecule has 4 atom stereocenters. The molecule has 1 aliphatic heterocycles. The number of anilines is 1. The summed E-state index contributed by atoms with van der Waals surface area (Å²) in [7, 11) is 0. The van der Waals surface area contributed by atoms with Gasteiger partial charge in [-0.25, -0.2) is 13.6 Å². The highest BCUT2D eigenvalue weighted by molar-refractivity contribution is 6.31. The van der Waals surface area contributed by atoms with E-state index in [1.54, 1.807) is 0 Å². The highest BCUT2D eigenvalue weighted by Gasteiger charge is 2.61. The summed E-state index contributed by atoms with van der Waals surface area (Å²) in [4.78, 5) is 25.3. The van der Waals surface area contributed by atoms with Gasteiger partial charge in [0.1, 0.15) is 17.0 Å². The lowest BCUT2D eigenvalue weighted by Gasteiger charge is -2.37. The van der Waals surface area contributed by atoms with Crippen LogP contribution in [-0.4, -0.2) is 29.1 Å². The van der Waals surface area contributed by atoms with E-state index >= 15 is 8.78 Å². The van der Waals surface area contributed by atoms with Crippen molar-refractivity contribution in [1.29, 1.82) is 5.26 Å². The van der Waals surface area contributed by atoms with Crippen LogP contribution < -0.4 is 10.6 Å². The van der Waals surface area contributed by atoms with Crippen molar-refractivity contribution in [2.45, 2.75) is 56.8 Å². The molecule has 4 unspecified atom stereocenters. The fraction of sp³-hybridized carbons (Fsp3) is 0.323. The van der Waals surface area contributed by atoms with Gasteiger partial charge < -0.3 is 15.7 Å². The molecule has 13 heteroatoms. The van der Waals surface area contributed by atoms with E-state index in [2.05, 4.69) is 16.7 Å². The van der Waals surface area contributed by atoms with Crippen molar-refractivity contribution in [3.63, 3.8) is 0 Å². The molecule has 4 rings (SSSR count). The number of amides is 1. The molecule has 0 saturated carbocycles. The number of nitriles is 1. The maximum Gasteiger partial charge on any atom is 0.417 e. The van der Waals surface area contributed by atoms with Crippen LogP contribution in [-0.2, 0) is 16.4 Å². The summed E-state index contributed by atoms with van der Waals surface area (Å²) >= 11 is 12.1. The number of hydrogen-bond acceptors (Lipinski definition) is 4. The average molecular weight is 654 g/mol. The van der Waals surface area contributed by atoms with Crippen LogP contribution in [0.15, 0.2) is 54.6 Å². The minimum absolute atomic E-state index is 0.0303. The molecule has 0 bridgehead atoms. The lowest BCUT2D eigenvalue weighted by molar-refractivity contribution is -0.138. The van der Waals surface area contributed by atoms with Crippen LogP contribution in [0.25, 0.3) is 0 Å². The summed E-state index contributed by atoms with van der Waals surface area (Å²) in [5.74, 6) is -6.09. The molecule has 1 saturated heterocycles. The first-order valence-electron chi connectivity index (χ1n) is 13.2. The van der Waals surface area contributed by atoms with Crippen LogP contribution in [0.2, 0.25) is 10.0 Å². The third-order valence-electron chi connectivity index (χ3n) is 7.55. The molecule has 1 aliphatic rings. The van der Waals surface area contributed by atoms with Gasteiger partial charge in [-0.05, 0) is 53.8 Å². The van der Waals surface area contributed by atoms with Gasteiger partial charge in [-0.1, -0.05) is 62.2 Å². The fourth-order valence-electron chi connectivity index (χ4n) is 5.82. The summed E-state index contributed by atoms with van der Waals surface area (Å²) in [5, 5.41) is 25.2. The molecule has 0 aromatic heterocycles. The number of alkyl halides is 3. The van der Waals surface area contributed by atoms with E-state index in [0.29, 0.717) is 12.1 Å². The standard InChI is InChI=1S/C31H26Cl2F5N3O3/c1-29(2,3)13-23-30(14-39,19-10-7-15(32)11-22(19)34)24(18-5-4-6-21(33)25(18)35)26(41-23)27(42)40-16-8-9-17(28(43)44)20(12-16)31(36,37)38/h4-12,23-24,26,41H,13H2,1-3H3,(H,40,42)(H,43,44). The van der Waals surface area contributed by atoms with Gasteiger partial charge in [0.05, 0.1) is 28.3 Å². The molecule has 0 aliphatic carbocycles. The van der Waals surface area contributed by atoms with Crippen LogP contribution in [0.4, 0.5) is 27.6 Å². The Kier molecular flexibility index (Phi) is 9.04. The maximum absolute atomic E-state index is 15.8. The van der Waals surface area contributed by atoms with E-state index in [9.17, 15) is 33.1 Å². The molecule has 0 radical (unpaired) electrons. The Morgan fingerprint density at radius 3 is 2.32 bits per heavy atom. The lowest BCUT2D eigenvalue weighted by atomic mass is 9.62. The second-order valence-electron chi connectivity index (χ2n) is 11.7. The summed E-state index contributed by atoms with van der Waals surface area (Å²) in [6, 6.07) is 9.41. The Bertz CT molecular complexity index is 1670. The smallest absolute Gasteiger partial charge is 0.417 e. The predicted octanol–water partition coefficient (Wildman–Crippen LogP) is 7.95. The Balaban J connectivity index is 1.94. The van der Waals surface area contributed by atoms with E-state index in [-0.39, 0.29) is 27.6 Å². The van der Waals surface area contributed by atoms with Crippen LogP contribution in [0.5, 0.6) is 0 Å². The summed E-state index contributed by atoms with van der Waals surface area (Å²) in [6.07, 6.45) is -4.89. The normalized spacial score (nSPS) is 22.0. The average Bonchev–Trinajstić information content (AvgIpc) is 3.22. The molecule has 1 heterocycles. The molecule has 0 spiro atoms. The van der Waals surface area contributed by atoms with Crippen LogP contribution >= 0.6 is 23.2 Å². The van der Waals surface area contributed by atoms with Gasteiger partial charge in [0, 0.05) is 28.2 Å². The van der Waals surface area contributed by atoms with E-state index in [1.807, 2.05) is 20.8 Å². The van der Waals surface area contributed by atoms with Crippen molar-refractivity contribution < 1.29 is 36.6 Å². The van der Waals surface area contributed by atoms with Gasteiger partial charge in [-0.3, -0.25) is 4.79 Å². The van der Waals surface area contributed by atoms with Gasteiger partial charge in [-0.2, -0.15) is 18.4 Å². The number of carboxylic acids is 1. The Morgan fingerprint density at radius 1 is 1.07 bits per heavy atom. The van der Waals surface area contributed by atoms with Crippen molar-refractivity contribution in [1.82, 2.24) is 5.32 Å². The van der Waals surface area contributed by atoms with E-state index in [0.717, 1.165) is 12.1 Å². The lowest BCUT2D eigenvalue weighted by Crippen LogP contribution is -2.45. The number of nitrogens with zero attached hydrogens (tertiary/aromatic N) is 1. The third-order valence-corrected chi connectivity index (χ3v) is 8.08. The van der Waals surface area contributed by atoms with Gasteiger partial charge in [-0.15, -0.1) is 0 Å². The van der Waals surface area contributed by atoms with Crippen LogP contribution in [0, 0.1) is 28.4 Å². The van der Waals surface area contributed by atoms with Gasteiger partial charge in [0.2, 0.25) is 5.91 Å². The summed E-state index contributed by atoms with van der Waals surface area (Å²) in [5.41, 5.74) is -5.76. The number of hydrogen-bond donors (Lipinski definition) is 3. The highest BCUT2D eigenvalue weighted by atomic mass is 35.5. The molecule has 3 aromatic rings. The predicted molar refractivity (Wildman–Crippen MR) is 155 cm³/mol. The highest BCUT2D eigenvalue weighted by Crippen LogP contribution is 2.53. The minimum atomic E-state index is -5.06. The molecule has 3 N–H and O–H groups in total. The topological polar surface area (TPSA) is 102 Å². The van der Waals surface area contributed by atoms with Crippen molar-refractivity contribution in [3.05, 3.63) is 98.5 Å². The molecule has 3 aromatic carbocycles. The Hall–Kier alpha value is -3.72. The number of halogens is 7. The number of carboxylic acid groups (broad SMARTS) is 1. The van der Waals surface area contributed by atoms with E-state index < -0.39 is 75.3 Å². The second kappa shape index (κ2) is 12.0. The monoisotopic (exact) mass is 653 g/mol. The number of benzene rings is 3. The first kappa shape index (κ1) is 33.2. The van der Waals surface area contributed by atoms with Crippen LogP contribution in [0.1, 0.15) is 60.2 Å². The third kappa shape index (κ3) is 6.25. The van der Waals surface area contributed by atoms with E-state index in [4.69, 9.17) is 23.2 Å². The molecular formula is C31H26Cl2F5N3O3. The van der Waals surface area contributed by atoms with Crippen molar-refractivity contribution in [2.75, 3.05) is 5.32 Å². The molecule has 6 nitrogen and oxygen atoms in total. The zero-order valence-corrected chi connectivity index (χ0v) is 25.0. The summed E-state index contributed by atoms with van der Waals surface area (Å²) in [6.45, 7) is 5.54. The number of nitrogens with one attached hydrogen (secondary N) is 2. The first-order valence-corrected chi connectivity index (χ1v) is 14.0. The SMILES string of the molecule is CC(C)(C)CC1NC(C(=O)Nc2ccc(C(=O)O)c(C(F)(F)F)c2)C(c2cccc(Cl)c2F)C1(C#N)c1ccc(Cl)cc1F. The molecule has 232 valence electrons. The number of aromatic carboxylic acids is 1. The quantitative estimate of drug-likeness (QED) is 0.234. The largest absolute Gasteiger partial charge is 0.478 e. The number of rotatable bonds is 6.